The SMILES string of the molecule is C=CS(=O)(=O)C=C.Cc1ccc(S(=O)(=O)C2=NNC(C(F)(F)F)C2)cc1. The second-order valence-electron chi connectivity index (χ2n) is 5.17. The standard InChI is InChI=1S/C11H11F3N2O2S.C4H6O2S/c1-7-2-4-8(5-3-7)19(17,18)10-6-9(15-16-10)11(12,13)14;1-3-7(5,6)4-2/h2-5,9,15H,6H2,1H3;3-4H,1-2H2. The van der Waals surface area contributed by atoms with E-state index in [1.807, 2.05) is 5.43 Å². The molecule has 0 fully saturated rings. The lowest BCUT2D eigenvalue weighted by Crippen LogP contribution is -2.36. The van der Waals surface area contributed by atoms with E-state index >= 15 is 0 Å². The maximum absolute atomic E-state index is 12.4. The van der Waals surface area contributed by atoms with Crippen molar-refractivity contribution in [2.45, 2.75) is 30.5 Å². The highest BCUT2D eigenvalue weighted by Gasteiger charge is 2.45. The number of halogens is 3. The van der Waals surface area contributed by atoms with Crippen molar-refractivity contribution in [3.63, 3.8) is 0 Å². The van der Waals surface area contributed by atoms with E-state index in [1.165, 1.54) is 12.1 Å². The van der Waals surface area contributed by atoms with E-state index < -0.39 is 43.4 Å². The molecule has 2 rings (SSSR count). The molecule has 0 bridgehead atoms. The third-order valence-corrected chi connectivity index (χ3v) is 5.93. The van der Waals surface area contributed by atoms with Crippen molar-refractivity contribution in [2.75, 3.05) is 0 Å². The molecule has 0 saturated carbocycles. The second kappa shape index (κ2) is 8.04. The molecule has 1 unspecified atom stereocenters. The number of alkyl halides is 3. The summed E-state index contributed by atoms with van der Waals surface area (Å²) in [5.41, 5.74) is 2.68. The average Bonchev–Trinajstić information content (AvgIpc) is 3.07. The van der Waals surface area contributed by atoms with Gasteiger partial charge in [0.05, 0.1) is 4.90 Å². The maximum atomic E-state index is 12.4. The summed E-state index contributed by atoms with van der Waals surface area (Å²) in [6, 6.07) is 3.93. The summed E-state index contributed by atoms with van der Waals surface area (Å²) >= 11 is 0. The van der Waals surface area contributed by atoms with E-state index in [4.69, 9.17) is 0 Å². The molecule has 1 heterocycles. The molecule has 0 aromatic heterocycles. The zero-order chi connectivity index (χ0) is 20.2. The minimum absolute atomic E-state index is 0.0542. The Morgan fingerprint density at radius 3 is 1.96 bits per heavy atom. The van der Waals surface area contributed by atoms with Crippen molar-refractivity contribution in [3.05, 3.63) is 53.8 Å². The summed E-state index contributed by atoms with van der Waals surface area (Å²) in [6.45, 7) is 7.87. The summed E-state index contributed by atoms with van der Waals surface area (Å²) in [4.78, 5) is -0.0542. The van der Waals surface area contributed by atoms with Crippen molar-refractivity contribution >= 4 is 24.7 Å². The van der Waals surface area contributed by atoms with Crippen molar-refractivity contribution in [1.82, 2.24) is 5.43 Å². The van der Waals surface area contributed by atoms with Crippen LogP contribution in [0.25, 0.3) is 0 Å². The first-order valence-electron chi connectivity index (χ1n) is 7.04. The Balaban J connectivity index is 0.000000412. The van der Waals surface area contributed by atoms with Gasteiger partial charge in [-0.1, -0.05) is 30.9 Å². The van der Waals surface area contributed by atoms with Crippen molar-refractivity contribution in [1.29, 1.82) is 0 Å². The number of hydrogen-bond acceptors (Lipinski definition) is 6. The number of hydrazone groups is 1. The topological polar surface area (TPSA) is 92.7 Å². The molecule has 1 aliphatic rings. The largest absolute Gasteiger partial charge is 0.410 e. The van der Waals surface area contributed by atoms with Gasteiger partial charge in [-0.05, 0) is 19.1 Å². The zero-order valence-corrected chi connectivity index (χ0v) is 15.3. The predicted molar refractivity (Wildman–Crippen MR) is 92.7 cm³/mol. The Bertz CT molecular complexity index is 889. The van der Waals surface area contributed by atoms with Gasteiger partial charge in [0.1, 0.15) is 6.04 Å². The molecule has 1 atom stereocenters. The van der Waals surface area contributed by atoms with Gasteiger partial charge >= 0.3 is 6.18 Å². The van der Waals surface area contributed by atoms with Crippen molar-refractivity contribution in [3.8, 4) is 0 Å². The van der Waals surface area contributed by atoms with Crippen LogP contribution in [0.1, 0.15) is 12.0 Å². The van der Waals surface area contributed by atoms with Crippen LogP contribution in [0.3, 0.4) is 0 Å². The van der Waals surface area contributed by atoms with E-state index in [1.54, 1.807) is 19.1 Å². The Labute approximate surface area is 149 Å². The molecular formula is C15H17F3N2O4S2. The number of benzene rings is 1. The number of sulfone groups is 2. The Morgan fingerprint density at radius 2 is 1.62 bits per heavy atom. The van der Waals surface area contributed by atoms with Gasteiger partial charge in [-0.3, -0.25) is 5.43 Å². The monoisotopic (exact) mass is 410 g/mol. The predicted octanol–water partition coefficient (Wildman–Crippen LogP) is 2.69. The molecule has 0 aliphatic carbocycles. The number of nitrogens with one attached hydrogen (secondary N) is 1. The molecule has 0 saturated heterocycles. The van der Waals surface area contributed by atoms with Crippen LogP contribution in [0.15, 0.2) is 58.2 Å². The average molecular weight is 410 g/mol. The summed E-state index contributed by atoms with van der Waals surface area (Å²) in [6.07, 6.45) is -5.20. The molecule has 0 spiro atoms. The second-order valence-corrected chi connectivity index (χ2v) is 8.97. The summed E-state index contributed by atoms with van der Waals surface area (Å²) in [5.74, 6) is 0. The number of nitrogens with zero attached hydrogens (tertiary/aromatic N) is 1. The Kier molecular flexibility index (Phi) is 6.77. The zero-order valence-electron chi connectivity index (χ0n) is 13.7. The Morgan fingerprint density at radius 1 is 1.12 bits per heavy atom. The quantitative estimate of drug-likeness (QED) is 0.827. The van der Waals surface area contributed by atoms with Crippen LogP contribution in [-0.4, -0.2) is 34.1 Å². The van der Waals surface area contributed by atoms with Crippen LogP contribution < -0.4 is 5.43 Å². The lowest BCUT2D eigenvalue weighted by Gasteiger charge is -2.13. The lowest BCUT2D eigenvalue weighted by molar-refractivity contribution is -0.151. The summed E-state index contributed by atoms with van der Waals surface area (Å²) < 4.78 is 81.8. The summed E-state index contributed by atoms with van der Waals surface area (Å²) in [7, 11) is -7.09. The minimum Gasteiger partial charge on any atom is -0.296 e. The van der Waals surface area contributed by atoms with Crippen LogP contribution >= 0.6 is 0 Å². The van der Waals surface area contributed by atoms with Crippen LogP contribution in [-0.2, 0) is 19.7 Å². The molecule has 0 radical (unpaired) electrons. The molecule has 144 valence electrons. The first-order chi connectivity index (χ1) is 11.8. The number of rotatable bonds is 3. The summed E-state index contributed by atoms with van der Waals surface area (Å²) in [5, 5.41) is 4.52. The van der Waals surface area contributed by atoms with E-state index in [2.05, 4.69) is 18.3 Å². The first-order valence-corrected chi connectivity index (χ1v) is 10.1. The van der Waals surface area contributed by atoms with Crippen LogP contribution in [0.5, 0.6) is 0 Å². The fourth-order valence-corrected chi connectivity index (χ4v) is 3.16. The van der Waals surface area contributed by atoms with Gasteiger partial charge in [0, 0.05) is 17.2 Å². The van der Waals surface area contributed by atoms with Gasteiger partial charge < -0.3 is 0 Å². The van der Waals surface area contributed by atoms with Crippen LogP contribution in [0, 0.1) is 6.92 Å². The fourth-order valence-electron chi connectivity index (χ4n) is 1.70. The third kappa shape index (κ3) is 5.70. The maximum Gasteiger partial charge on any atom is 0.410 e. The molecule has 1 aliphatic heterocycles. The molecule has 0 amide bonds. The molecule has 6 nitrogen and oxygen atoms in total. The number of hydrogen-bond donors (Lipinski definition) is 1. The molecule has 1 N–H and O–H groups in total. The van der Waals surface area contributed by atoms with E-state index in [9.17, 15) is 30.0 Å². The van der Waals surface area contributed by atoms with Crippen molar-refractivity contribution < 1.29 is 30.0 Å². The number of aryl methyl sites for hydroxylation is 1. The van der Waals surface area contributed by atoms with Gasteiger partial charge in [-0.15, -0.1) is 0 Å². The van der Waals surface area contributed by atoms with Gasteiger partial charge in [0.25, 0.3) is 0 Å². The molecule has 11 heteroatoms. The molecule has 26 heavy (non-hydrogen) atoms. The van der Waals surface area contributed by atoms with Gasteiger partial charge in [0.15, 0.2) is 14.9 Å². The van der Waals surface area contributed by atoms with E-state index in [-0.39, 0.29) is 4.90 Å². The van der Waals surface area contributed by atoms with Crippen LogP contribution in [0.4, 0.5) is 13.2 Å². The fraction of sp³-hybridized carbons (Fsp3) is 0.267. The molecular weight excluding hydrogens is 393 g/mol. The first kappa shape index (κ1) is 21.9. The smallest absolute Gasteiger partial charge is 0.296 e. The van der Waals surface area contributed by atoms with Crippen LogP contribution in [0.2, 0.25) is 0 Å². The lowest BCUT2D eigenvalue weighted by atomic mass is 10.2. The highest BCUT2D eigenvalue weighted by atomic mass is 32.2. The normalized spacial score (nSPS) is 17.4. The minimum atomic E-state index is -4.52. The Hall–Kier alpha value is -2.14. The molecule has 1 aromatic carbocycles. The molecule has 1 aromatic rings. The highest BCUT2D eigenvalue weighted by Crippen LogP contribution is 2.28. The highest BCUT2D eigenvalue weighted by molar-refractivity contribution is 8.06. The third-order valence-electron chi connectivity index (χ3n) is 3.23. The van der Waals surface area contributed by atoms with Crippen molar-refractivity contribution in [2.24, 2.45) is 5.10 Å². The van der Waals surface area contributed by atoms with E-state index in [0.29, 0.717) is 0 Å². The van der Waals surface area contributed by atoms with Gasteiger partial charge in [0.2, 0.25) is 9.84 Å². The van der Waals surface area contributed by atoms with Gasteiger partial charge in [-0.2, -0.15) is 18.3 Å². The van der Waals surface area contributed by atoms with E-state index in [0.717, 1.165) is 16.4 Å². The van der Waals surface area contributed by atoms with Gasteiger partial charge in [-0.25, -0.2) is 16.8 Å².